The number of rotatable bonds is 5. The van der Waals surface area contributed by atoms with Gasteiger partial charge in [-0.2, -0.15) is 0 Å². The molecule has 4 N–H and O–H groups in total. The average molecular weight is 234 g/mol. The maximum atomic E-state index is 11.6. The second-order valence-electron chi connectivity index (χ2n) is 3.49. The summed E-state index contributed by atoms with van der Waals surface area (Å²) in [6.07, 6.45) is 0.271. The van der Waals surface area contributed by atoms with Gasteiger partial charge >= 0.3 is 5.97 Å². The van der Waals surface area contributed by atoms with Gasteiger partial charge in [0.1, 0.15) is 12.6 Å². The molecule has 5 heteroatoms. The predicted molar refractivity (Wildman–Crippen MR) is 65.0 cm³/mol. The second-order valence-corrected chi connectivity index (χ2v) is 3.49. The first-order valence-corrected chi connectivity index (χ1v) is 5.24. The van der Waals surface area contributed by atoms with Gasteiger partial charge < -0.3 is 15.8 Å². The van der Waals surface area contributed by atoms with Crippen molar-refractivity contribution >= 4 is 11.9 Å². The number of ether oxygens (including phenoxy) is 1. The van der Waals surface area contributed by atoms with Crippen LogP contribution in [-0.4, -0.2) is 18.0 Å². The van der Waals surface area contributed by atoms with Crippen molar-refractivity contribution in [2.45, 2.75) is 19.1 Å². The number of nitrogens with one attached hydrogen (secondary N) is 2. The van der Waals surface area contributed by atoms with Crippen LogP contribution in [0.25, 0.3) is 0 Å². The summed E-state index contributed by atoms with van der Waals surface area (Å²) in [5, 5.41) is 9.54. The van der Waals surface area contributed by atoms with E-state index in [4.69, 9.17) is 15.9 Å². The molecule has 0 amide bonds. The van der Waals surface area contributed by atoms with Gasteiger partial charge in [0.05, 0.1) is 0 Å². The van der Waals surface area contributed by atoms with Crippen LogP contribution in [0.2, 0.25) is 0 Å². The Kier molecular flexibility index (Phi) is 5.00. The Morgan fingerprint density at radius 1 is 1.47 bits per heavy atom. The summed E-state index contributed by atoms with van der Waals surface area (Å²) in [5.74, 6) is -0.727. The van der Waals surface area contributed by atoms with E-state index in [1.165, 1.54) is 0 Å². The topological polar surface area (TPSA) is 88.2 Å². The number of nitrogens with two attached hydrogens (primary N) is 1. The van der Waals surface area contributed by atoms with Gasteiger partial charge in [-0.1, -0.05) is 37.3 Å². The van der Waals surface area contributed by atoms with Gasteiger partial charge in [0, 0.05) is 0 Å². The Labute approximate surface area is 100 Å². The molecular formula is C12H16N3O2. The summed E-state index contributed by atoms with van der Waals surface area (Å²) in [5.41, 5.74) is 6.06. The van der Waals surface area contributed by atoms with Crippen LogP contribution in [0.15, 0.2) is 30.3 Å². The third-order valence-corrected chi connectivity index (χ3v) is 2.13. The highest BCUT2D eigenvalue weighted by molar-refractivity contribution is 5.83. The van der Waals surface area contributed by atoms with E-state index in [9.17, 15) is 4.79 Å². The van der Waals surface area contributed by atoms with Crippen LogP contribution >= 0.6 is 0 Å². The number of esters is 1. The zero-order valence-corrected chi connectivity index (χ0v) is 9.48. The van der Waals surface area contributed by atoms with Crippen molar-refractivity contribution < 1.29 is 9.53 Å². The van der Waals surface area contributed by atoms with Gasteiger partial charge in [-0.05, 0) is 12.0 Å². The largest absolute Gasteiger partial charge is 0.459 e. The smallest absolute Gasteiger partial charge is 0.328 e. The zero-order chi connectivity index (χ0) is 12.7. The predicted octanol–water partition coefficient (Wildman–Crippen LogP) is 0.806. The molecule has 17 heavy (non-hydrogen) atoms. The van der Waals surface area contributed by atoms with Crippen molar-refractivity contribution in [1.82, 2.24) is 5.32 Å². The highest BCUT2D eigenvalue weighted by Gasteiger charge is 2.17. The molecule has 1 aromatic rings. The molecule has 0 spiro atoms. The number of carbonyl (C=O) groups excluding carboxylic acids is 1. The lowest BCUT2D eigenvalue weighted by atomic mass is 10.2. The second kappa shape index (κ2) is 6.52. The van der Waals surface area contributed by atoms with Crippen molar-refractivity contribution in [3.05, 3.63) is 42.8 Å². The van der Waals surface area contributed by atoms with E-state index in [1.54, 1.807) is 0 Å². The molecule has 1 unspecified atom stereocenters. The van der Waals surface area contributed by atoms with Crippen LogP contribution < -0.4 is 11.1 Å². The minimum atomic E-state index is -0.670. The Morgan fingerprint density at radius 3 is 2.65 bits per heavy atom. The fourth-order valence-corrected chi connectivity index (χ4v) is 1.27. The SMILES string of the molecule is [CH2]CC(NC(=N)N)C(=O)OCc1ccccc1. The number of guanidine groups is 1. The van der Waals surface area contributed by atoms with Gasteiger partial charge in [0.2, 0.25) is 0 Å². The van der Waals surface area contributed by atoms with E-state index in [0.717, 1.165) is 5.56 Å². The summed E-state index contributed by atoms with van der Waals surface area (Å²) in [6.45, 7) is 3.80. The van der Waals surface area contributed by atoms with Crippen molar-refractivity contribution in [2.24, 2.45) is 5.73 Å². The lowest BCUT2D eigenvalue weighted by molar-refractivity contribution is -0.147. The van der Waals surface area contributed by atoms with Crippen molar-refractivity contribution in [2.75, 3.05) is 0 Å². The monoisotopic (exact) mass is 234 g/mol. The highest BCUT2D eigenvalue weighted by atomic mass is 16.5. The molecule has 5 nitrogen and oxygen atoms in total. The van der Waals surface area contributed by atoms with Crippen LogP contribution in [0.3, 0.4) is 0 Å². The van der Waals surface area contributed by atoms with E-state index in [-0.39, 0.29) is 19.0 Å². The molecule has 91 valence electrons. The molecule has 0 fully saturated rings. The van der Waals surface area contributed by atoms with Gasteiger partial charge in [-0.3, -0.25) is 5.41 Å². The van der Waals surface area contributed by atoms with Crippen LogP contribution in [0, 0.1) is 12.3 Å². The first kappa shape index (κ1) is 13.0. The summed E-state index contributed by atoms with van der Waals surface area (Å²) in [6, 6.07) is 8.69. The normalized spacial score (nSPS) is 11.6. The minimum Gasteiger partial charge on any atom is -0.459 e. The summed E-state index contributed by atoms with van der Waals surface area (Å²) < 4.78 is 5.09. The number of benzene rings is 1. The Bertz CT molecular complexity index is 379. The van der Waals surface area contributed by atoms with Crippen LogP contribution in [0.1, 0.15) is 12.0 Å². The molecule has 1 rings (SSSR count). The molecular weight excluding hydrogens is 218 g/mol. The summed E-state index contributed by atoms with van der Waals surface area (Å²) in [4.78, 5) is 11.6. The third kappa shape index (κ3) is 4.55. The summed E-state index contributed by atoms with van der Waals surface area (Å²) in [7, 11) is 0. The van der Waals surface area contributed by atoms with E-state index in [1.807, 2.05) is 30.3 Å². The van der Waals surface area contributed by atoms with Gasteiger partial charge in [0.25, 0.3) is 0 Å². The molecule has 1 aromatic carbocycles. The van der Waals surface area contributed by atoms with E-state index >= 15 is 0 Å². The molecule has 0 saturated carbocycles. The number of carbonyl (C=O) groups is 1. The fraction of sp³-hybridized carbons (Fsp3) is 0.250. The molecule has 1 atom stereocenters. The van der Waals surface area contributed by atoms with Crippen LogP contribution in [0.5, 0.6) is 0 Å². The molecule has 0 aliphatic heterocycles. The maximum Gasteiger partial charge on any atom is 0.328 e. The molecule has 1 radical (unpaired) electrons. The number of hydrogen-bond donors (Lipinski definition) is 3. The maximum absolute atomic E-state index is 11.6. The lowest BCUT2D eigenvalue weighted by Crippen LogP contribution is -2.44. The van der Waals surface area contributed by atoms with E-state index in [0.29, 0.717) is 0 Å². The van der Waals surface area contributed by atoms with Gasteiger partial charge in [0.15, 0.2) is 5.96 Å². The first-order chi connectivity index (χ1) is 8.13. The van der Waals surface area contributed by atoms with Gasteiger partial charge in [-0.25, -0.2) is 4.79 Å². The minimum absolute atomic E-state index is 0.204. The molecule has 0 aliphatic carbocycles. The van der Waals surface area contributed by atoms with Crippen LogP contribution in [-0.2, 0) is 16.1 Å². The highest BCUT2D eigenvalue weighted by Crippen LogP contribution is 2.03. The molecule has 0 aliphatic rings. The Hall–Kier alpha value is -2.04. The first-order valence-electron chi connectivity index (χ1n) is 5.24. The van der Waals surface area contributed by atoms with Crippen molar-refractivity contribution in [1.29, 1.82) is 5.41 Å². The van der Waals surface area contributed by atoms with E-state index < -0.39 is 12.0 Å². The zero-order valence-electron chi connectivity index (χ0n) is 9.48. The van der Waals surface area contributed by atoms with Crippen molar-refractivity contribution in [3.8, 4) is 0 Å². The Morgan fingerprint density at radius 2 is 2.12 bits per heavy atom. The van der Waals surface area contributed by atoms with E-state index in [2.05, 4.69) is 12.2 Å². The molecule has 0 bridgehead atoms. The van der Waals surface area contributed by atoms with Crippen molar-refractivity contribution in [3.63, 3.8) is 0 Å². The van der Waals surface area contributed by atoms with Gasteiger partial charge in [-0.15, -0.1) is 0 Å². The third-order valence-electron chi connectivity index (χ3n) is 2.13. The Balaban J connectivity index is 2.45. The lowest BCUT2D eigenvalue weighted by Gasteiger charge is -2.15. The summed E-state index contributed by atoms with van der Waals surface area (Å²) >= 11 is 0. The average Bonchev–Trinajstić information content (AvgIpc) is 2.34. The molecule has 0 aromatic heterocycles. The quantitative estimate of drug-likeness (QED) is 0.399. The molecule has 0 heterocycles. The standard InChI is InChI=1S/C12H16N3O2/c1-2-10(15-12(13)14)11(16)17-8-9-6-4-3-5-7-9/h3-7,10H,1-2,8H2,(H4,13,14,15). The number of hydrogen-bond acceptors (Lipinski definition) is 3. The fourth-order valence-electron chi connectivity index (χ4n) is 1.27. The van der Waals surface area contributed by atoms with Crippen LogP contribution in [0.4, 0.5) is 0 Å². The molecule has 0 saturated heterocycles.